The Bertz CT molecular complexity index is 322. The van der Waals surface area contributed by atoms with Gasteiger partial charge in [0.15, 0.2) is 0 Å². The number of nitrogens with zero attached hydrogens (tertiary/aromatic N) is 1. The van der Waals surface area contributed by atoms with Gasteiger partial charge < -0.3 is 19.2 Å². The molecule has 0 saturated carbocycles. The summed E-state index contributed by atoms with van der Waals surface area (Å²) in [4.78, 5) is 13.0. The second kappa shape index (κ2) is 4.35. The van der Waals surface area contributed by atoms with Crippen LogP contribution in [0.1, 0.15) is 12.2 Å². The number of rotatable bonds is 3. The van der Waals surface area contributed by atoms with Gasteiger partial charge in [-0.25, -0.2) is 4.79 Å². The lowest BCUT2D eigenvalue weighted by molar-refractivity contribution is -0.00433. The molecular formula is C10H13NO4. The highest BCUT2D eigenvalue weighted by molar-refractivity contribution is 5.68. The Hall–Kier alpha value is -1.49. The number of carbonyl (C=O) groups is 1. The Morgan fingerprint density at radius 3 is 3.07 bits per heavy atom. The first-order valence-corrected chi connectivity index (χ1v) is 4.88. The van der Waals surface area contributed by atoms with Crippen LogP contribution in [0.5, 0.6) is 0 Å². The molecule has 1 saturated heterocycles. The van der Waals surface area contributed by atoms with Crippen LogP contribution in [0.15, 0.2) is 22.8 Å². The summed E-state index contributed by atoms with van der Waals surface area (Å²) < 4.78 is 10.1. The van der Waals surface area contributed by atoms with E-state index in [0.29, 0.717) is 19.5 Å². The monoisotopic (exact) mass is 211 g/mol. The minimum absolute atomic E-state index is 0.111. The van der Waals surface area contributed by atoms with E-state index in [1.165, 1.54) is 0 Å². The van der Waals surface area contributed by atoms with Crippen molar-refractivity contribution in [3.8, 4) is 0 Å². The summed E-state index contributed by atoms with van der Waals surface area (Å²) in [5, 5.41) is 8.84. The molecule has 1 unspecified atom stereocenters. The van der Waals surface area contributed by atoms with E-state index in [9.17, 15) is 4.79 Å². The van der Waals surface area contributed by atoms with E-state index in [0.717, 1.165) is 5.76 Å². The summed E-state index contributed by atoms with van der Waals surface area (Å²) >= 11 is 0. The van der Waals surface area contributed by atoms with E-state index < -0.39 is 6.09 Å². The number of hydrogen-bond acceptors (Lipinski definition) is 4. The Morgan fingerprint density at radius 1 is 1.60 bits per heavy atom. The van der Waals surface area contributed by atoms with Crippen LogP contribution in [-0.2, 0) is 11.3 Å². The molecule has 1 amide bonds. The molecule has 1 N–H and O–H groups in total. The average Bonchev–Trinajstić information content (AvgIpc) is 2.74. The predicted octanol–water partition coefficient (Wildman–Crippen LogP) is 0.983. The van der Waals surface area contributed by atoms with Crippen LogP contribution in [0, 0.1) is 0 Å². The summed E-state index contributed by atoms with van der Waals surface area (Å²) in [7, 11) is 0. The topological polar surface area (TPSA) is 62.9 Å². The lowest BCUT2D eigenvalue weighted by atomic mass is 10.2. The van der Waals surface area contributed by atoms with Crippen LogP contribution >= 0.6 is 0 Å². The molecule has 15 heavy (non-hydrogen) atoms. The molecule has 1 fully saturated rings. The van der Waals surface area contributed by atoms with Gasteiger partial charge in [0.25, 0.3) is 0 Å². The SMILES string of the molecule is O=C1OC(CO)CCN1Cc1ccco1. The van der Waals surface area contributed by atoms with E-state index in [2.05, 4.69) is 0 Å². The van der Waals surface area contributed by atoms with Gasteiger partial charge in [0.2, 0.25) is 0 Å². The van der Waals surface area contributed by atoms with Crippen molar-refractivity contribution in [1.82, 2.24) is 4.90 Å². The van der Waals surface area contributed by atoms with Gasteiger partial charge in [-0.3, -0.25) is 0 Å². The Kier molecular flexibility index (Phi) is 2.91. The van der Waals surface area contributed by atoms with E-state index in [4.69, 9.17) is 14.3 Å². The molecule has 82 valence electrons. The molecule has 5 nitrogen and oxygen atoms in total. The highest BCUT2D eigenvalue weighted by Gasteiger charge is 2.26. The van der Waals surface area contributed by atoms with Gasteiger partial charge in [-0.1, -0.05) is 0 Å². The molecule has 1 aromatic heterocycles. The standard InChI is InChI=1S/C10H13NO4/c12-7-9-3-4-11(10(13)15-9)6-8-2-1-5-14-8/h1-2,5,9,12H,3-4,6-7H2. The van der Waals surface area contributed by atoms with Crippen LogP contribution in [0.3, 0.4) is 0 Å². The van der Waals surface area contributed by atoms with Crippen molar-refractivity contribution in [1.29, 1.82) is 0 Å². The Morgan fingerprint density at radius 2 is 2.47 bits per heavy atom. The number of hydrogen-bond donors (Lipinski definition) is 1. The molecule has 2 heterocycles. The summed E-state index contributed by atoms with van der Waals surface area (Å²) in [6.45, 7) is 0.898. The molecular weight excluding hydrogens is 198 g/mol. The highest BCUT2D eigenvalue weighted by atomic mass is 16.6. The maximum absolute atomic E-state index is 11.4. The number of carbonyl (C=O) groups excluding carboxylic acids is 1. The number of aliphatic hydroxyl groups excluding tert-OH is 1. The maximum atomic E-state index is 11.4. The van der Waals surface area contributed by atoms with Gasteiger partial charge in [0.05, 0.1) is 19.4 Å². The molecule has 2 rings (SSSR count). The van der Waals surface area contributed by atoms with Crippen LogP contribution < -0.4 is 0 Å². The fourth-order valence-corrected chi connectivity index (χ4v) is 1.53. The smallest absolute Gasteiger partial charge is 0.410 e. The first-order chi connectivity index (χ1) is 7.29. The number of furan rings is 1. The summed E-state index contributed by atoms with van der Waals surface area (Å²) in [5.41, 5.74) is 0. The number of cyclic esters (lactones) is 1. The zero-order chi connectivity index (χ0) is 10.7. The molecule has 1 aromatic rings. The molecule has 0 aromatic carbocycles. The second-order valence-electron chi connectivity index (χ2n) is 3.48. The quantitative estimate of drug-likeness (QED) is 0.809. The minimum atomic E-state index is -0.392. The van der Waals surface area contributed by atoms with Gasteiger partial charge in [0.1, 0.15) is 11.9 Å². The first kappa shape index (κ1) is 10.0. The third kappa shape index (κ3) is 2.30. The number of aliphatic hydroxyl groups is 1. The van der Waals surface area contributed by atoms with Crippen molar-refractivity contribution >= 4 is 6.09 Å². The lowest BCUT2D eigenvalue weighted by Gasteiger charge is -2.30. The van der Waals surface area contributed by atoms with Gasteiger partial charge >= 0.3 is 6.09 Å². The Balaban J connectivity index is 1.92. The van der Waals surface area contributed by atoms with E-state index >= 15 is 0 Å². The molecule has 0 spiro atoms. The molecule has 1 aliphatic rings. The van der Waals surface area contributed by atoms with Crippen molar-refractivity contribution in [3.63, 3.8) is 0 Å². The third-order valence-electron chi connectivity index (χ3n) is 2.38. The van der Waals surface area contributed by atoms with Crippen molar-refractivity contribution in [3.05, 3.63) is 24.2 Å². The van der Waals surface area contributed by atoms with Gasteiger partial charge in [0, 0.05) is 13.0 Å². The van der Waals surface area contributed by atoms with Crippen molar-refractivity contribution < 1.29 is 19.1 Å². The van der Waals surface area contributed by atoms with Crippen LogP contribution in [0.4, 0.5) is 4.79 Å². The van der Waals surface area contributed by atoms with Gasteiger partial charge in [-0.2, -0.15) is 0 Å². The van der Waals surface area contributed by atoms with E-state index in [-0.39, 0.29) is 12.7 Å². The second-order valence-corrected chi connectivity index (χ2v) is 3.48. The lowest BCUT2D eigenvalue weighted by Crippen LogP contribution is -2.42. The van der Waals surface area contributed by atoms with Crippen molar-refractivity contribution in [2.24, 2.45) is 0 Å². The zero-order valence-electron chi connectivity index (χ0n) is 8.26. The fourth-order valence-electron chi connectivity index (χ4n) is 1.53. The van der Waals surface area contributed by atoms with Gasteiger partial charge in [-0.15, -0.1) is 0 Å². The summed E-state index contributed by atoms with van der Waals surface area (Å²) in [5.74, 6) is 0.731. The molecule has 5 heteroatoms. The highest BCUT2D eigenvalue weighted by Crippen LogP contribution is 2.14. The molecule has 1 atom stereocenters. The third-order valence-corrected chi connectivity index (χ3v) is 2.38. The maximum Gasteiger partial charge on any atom is 0.410 e. The molecule has 0 radical (unpaired) electrons. The Labute approximate surface area is 87.2 Å². The normalized spacial score (nSPS) is 21.5. The van der Waals surface area contributed by atoms with Crippen LogP contribution in [-0.4, -0.2) is 35.4 Å². The molecule has 0 aliphatic carbocycles. The van der Waals surface area contributed by atoms with Crippen molar-refractivity contribution in [2.75, 3.05) is 13.2 Å². The predicted molar refractivity (Wildman–Crippen MR) is 51.1 cm³/mol. The van der Waals surface area contributed by atoms with Crippen LogP contribution in [0.2, 0.25) is 0 Å². The van der Waals surface area contributed by atoms with Gasteiger partial charge in [-0.05, 0) is 12.1 Å². The van der Waals surface area contributed by atoms with Crippen LogP contribution in [0.25, 0.3) is 0 Å². The summed E-state index contributed by atoms with van der Waals surface area (Å²) in [6, 6.07) is 3.59. The fraction of sp³-hybridized carbons (Fsp3) is 0.500. The average molecular weight is 211 g/mol. The minimum Gasteiger partial charge on any atom is -0.467 e. The molecule has 1 aliphatic heterocycles. The van der Waals surface area contributed by atoms with E-state index in [1.54, 1.807) is 17.2 Å². The largest absolute Gasteiger partial charge is 0.467 e. The number of amides is 1. The summed E-state index contributed by atoms with van der Waals surface area (Å²) in [6.07, 6.45) is 1.48. The number of ether oxygens (including phenoxy) is 1. The molecule has 0 bridgehead atoms. The van der Waals surface area contributed by atoms with Crippen molar-refractivity contribution in [2.45, 2.75) is 19.1 Å². The zero-order valence-corrected chi connectivity index (χ0v) is 8.26. The van der Waals surface area contributed by atoms with E-state index in [1.807, 2.05) is 6.07 Å². The first-order valence-electron chi connectivity index (χ1n) is 4.88.